The molecule has 5 heteroatoms. The normalized spacial score (nSPS) is 10.5. The minimum Gasteiger partial charge on any atom is -0.493 e. The molecule has 0 saturated heterocycles. The van der Waals surface area contributed by atoms with E-state index in [-0.39, 0.29) is 0 Å². The molecule has 0 saturated carbocycles. The van der Waals surface area contributed by atoms with Gasteiger partial charge in [-0.3, -0.25) is 20.4 Å². The summed E-state index contributed by atoms with van der Waals surface area (Å²) in [5, 5.41) is 0. The van der Waals surface area contributed by atoms with E-state index in [1.165, 1.54) is 6.08 Å². The Hall–Kier alpha value is -3.08. The standard InChI is InChI=1S/C20H22N2O3/c1-3-14-25-18-7-5-4-6-17(18)20(24)22-21-19(23)13-12-16-10-8-15(2)9-11-16/h4-13H,3,14H2,1-2H3,(H,21,23)(H,22,24). The molecule has 0 aliphatic carbocycles. The van der Waals surface area contributed by atoms with Crippen LogP contribution in [0.1, 0.15) is 34.8 Å². The van der Waals surface area contributed by atoms with Gasteiger partial charge in [0.25, 0.3) is 11.8 Å². The van der Waals surface area contributed by atoms with Crippen LogP contribution in [0, 0.1) is 6.92 Å². The molecular formula is C20H22N2O3. The van der Waals surface area contributed by atoms with Crippen LogP contribution in [0.2, 0.25) is 0 Å². The molecular weight excluding hydrogens is 316 g/mol. The van der Waals surface area contributed by atoms with Crippen molar-refractivity contribution in [3.63, 3.8) is 0 Å². The molecule has 0 aromatic heterocycles. The van der Waals surface area contributed by atoms with Gasteiger partial charge >= 0.3 is 0 Å². The van der Waals surface area contributed by atoms with E-state index in [4.69, 9.17) is 4.74 Å². The molecule has 0 aliphatic rings. The number of hydrazine groups is 1. The quantitative estimate of drug-likeness (QED) is 0.627. The Kier molecular flexibility index (Phi) is 6.77. The maximum absolute atomic E-state index is 12.2. The van der Waals surface area contributed by atoms with Crippen molar-refractivity contribution in [2.75, 3.05) is 6.61 Å². The zero-order chi connectivity index (χ0) is 18.1. The predicted molar refractivity (Wildman–Crippen MR) is 98.0 cm³/mol. The number of carbonyl (C=O) groups is 2. The minimum atomic E-state index is -0.427. The monoisotopic (exact) mass is 338 g/mol. The van der Waals surface area contributed by atoms with Gasteiger partial charge in [0.05, 0.1) is 12.2 Å². The van der Waals surface area contributed by atoms with E-state index >= 15 is 0 Å². The van der Waals surface area contributed by atoms with Gasteiger partial charge in [0, 0.05) is 6.08 Å². The number of hydrogen-bond acceptors (Lipinski definition) is 3. The van der Waals surface area contributed by atoms with Crippen LogP contribution in [0.15, 0.2) is 54.6 Å². The highest BCUT2D eigenvalue weighted by Gasteiger charge is 2.12. The fourth-order valence-corrected chi connectivity index (χ4v) is 2.07. The van der Waals surface area contributed by atoms with E-state index < -0.39 is 11.8 Å². The average Bonchev–Trinajstić information content (AvgIpc) is 2.64. The number of hydrogen-bond donors (Lipinski definition) is 2. The predicted octanol–water partition coefficient (Wildman–Crippen LogP) is 3.26. The van der Waals surface area contributed by atoms with Crippen LogP contribution in [0.4, 0.5) is 0 Å². The second-order valence-corrected chi connectivity index (χ2v) is 5.53. The van der Waals surface area contributed by atoms with E-state index in [1.54, 1.807) is 30.3 Å². The van der Waals surface area contributed by atoms with Gasteiger partial charge in [-0.1, -0.05) is 48.9 Å². The van der Waals surface area contributed by atoms with Gasteiger partial charge in [-0.15, -0.1) is 0 Å². The molecule has 0 unspecified atom stereocenters. The van der Waals surface area contributed by atoms with E-state index in [1.807, 2.05) is 38.1 Å². The summed E-state index contributed by atoms with van der Waals surface area (Å²) >= 11 is 0. The molecule has 0 fully saturated rings. The lowest BCUT2D eigenvalue weighted by molar-refractivity contribution is -0.117. The summed E-state index contributed by atoms with van der Waals surface area (Å²) < 4.78 is 5.54. The fraction of sp³-hybridized carbons (Fsp3) is 0.200. The topological polar surface area (TPSA) is 67.4 Å². The summed E-state index contributed by atoms with van der Waals surface area (Å²) in [6.45, 7) is 4.51. The Labute approximate surface area is 147 Å². The fourth-order valence-electron chi connectivity index (χ4n) is 2.07. The molecule has 25 heavy (non-hydrogen) atoms. The average molecular weight is 338 g/mol. The summed E-state index contributed by atoms with van der Waals surface area (Å²) in [6, 6.07) is 14.7. The Morgan fingerprint density at radius 1 is 1.04 bits per heavy atom. The number of benzene rings is 2. The lowest BCUT2D eigenvalue weighted by Crippen LogP contribution is -2.40. The second-order valence-electron chi connectivity index (χ2n) is 5.53. The zero-order valence-electron chi connectivity index (χ0n) is 14.4. The molecule has 0 radical (unpaired) electrons. The van der Waals surface area contributed by atoms with Crippen LogP contribution in [-0.2, 0) is 4.79 Å². The number of aryl methyl sites for hydroxylation is 1. The second kappa shape index (κ2) is 9.27. The highest BCUT2D eigenvalue weighted by Crippen LogP contribution is 2.17. The molecule has 2 N–H and O–H groups in total. The number of nitrogens with one attached hydrogen (secondary N) is 2. The van der Waals surface area contributed by atoms with Crippen LogP contribution in [0.3, 0.4) is 0 Å². The third-order valence-corrected chi connectivity index (χ3v) is 3.40. The van der Waals surface area contributed by atoms with Gasteiger partial charge < -0.3 is 4.74 Å². The number of carbonyl (C=O) groups excluding carboxylic acids is 2. The van der Waals surface area contributed by atoms with Gasteiger partial charge in [0.1, 0.15) is 5.75 Å². The van der Waals surface area contributed by atoms with E-state index in [0.29, 0.717) is 17.9 Å². The highest BCUT2D eigenvalue weighted by atomic mass is 16.5. The molecule has 5 nitrogen and oxygen atoms in total. The lowest BCUT2D eigenvalue weighted by Gasteiger charge is -2.11. The highest BCUT2D eigenvalue weighted by molar-refractivity contribution is 5.99. The molecule has 2 aromatic carbocycles. The first kappa shape index (κ1) is 18.3. The van der Waals surface area contributed by atoms with E-state index in [9.17, 15) is 9.59 Å². The first-order valence-corrected chi connectivity index (χ1v) is 8.17. The van der Waals surface area contributed by atoms with Crippen molar-refractivity contribution in [1.29, 1.82) is 0 Å². The number of amides is 2. The van der Waals surface area contributed by atoms with Crippen LogP contribution in [0.5, 0.6) is 5.75 Å². The molecule has 0 atom stereocenters. The van der Waals surface area contributed by atoms with Gasteiger partial charge in [0.15, 0.2) is 0 Å². The van der Waals surface area contributed by atoms with Crippen molar-refractivity contribution < 1.29 is 14.3 Å². The third kappa shape index (κ3) is 5.80. The van der Waals surface area contributed by atoms with Crippen LogP contribution in [-0.4, -0.2) is 18.4 Å². The van der Waals surface area contributed by atoms with Crippen molar-refractivity contribution in [2.24, 2.45) is 0 Å². The van der Waals surface area contributed by atoms with Crippen molar-refractivity contribution in [3.8, 4) is 5.75 Å². The molecule has 0 spiro atoms. The molecule has 2 rings (SSSR count). The first-order valence-electron chi connectivity index (χ1n) is 8.17. The van der Waals surface area contributed by atoms with E-state index in [0.717, 1.165) is 17.5 Å². The Balaban J connectivity index is 1.91. The maximum Gasteiger partial charge on any atom is 0.273 e. The van der Waals surface area contributed by atoms with Gasteiger partial charge in [-0.05, 0) is 37.1 Å². The van der Waals surface area contributed by atoms with Gasteiger partial charge in [-0.25, -0.2) is 0 Å². The SMILES string of the molecule is CCCOc1ccccc1C(=O)NNC(=O)C=Cc1ccc(C)cc1. The third-order valence-electron chi connectivity index (χ3n) is 3.40. The number of para-hydroxylation sites is 1. The summed E-state index contributed by atoms with van der Waals surface area (Å²) in [5.74, 6) is -0.351. The molecule has 0 heterocycles. The van der Waals surface area contributed by atoms with Crippen molar-refractivity contribution >= 4 is 17.9 Å². The Morgan fingerprint density at radius 3 is 2.48 bits per heavy atom. The molecule has 2 amide bonds. The molecule has 130 valence electrons. The summed E-state index contributed by atoms with van der Waals surface area (Å²) in [7, 11) is 0. The summed E-state index contributed by atoms with van der Waals surface area (Å²) in [6.07, 6.45) is 3.89. The van der Waals surface area contributed by atoms with Crippen molar-refractivity contribution in [1.82, 2.24) is 10.9 Å². The summed E-state index contributed by atoms with van der Waals surface area (Å²) in [5.41, 5.74) is 7.19. The van der Waals surface area contributed by atoms with Gasteiger partial charge in [-0.2, -0.15) is 0 Å². The van der Waals surface area contributed by atoms with Crippen molar-refractivity contribution in [2.45, 2.75) is 20.3 Å². The van der Waals surface area contributed by atoms with Crippen LogP contribution < -0.4 is 15.6 Å². The lowest BCUT2D eigenvalue weighted by atomic mass is 10.1. The van der Waals surface area contributed by atoms with Crippen LogP contribution in [0.25, 0.3) is 6.08 Å². The molecule has 0 aliphatic heterocycles. The van der Waals surface area contributed by atoms with Gasteiger partial charge in [0.2, 0.25) is 0 Å². The number of ether oxygens (including phenoxy) is 1. The maximum atomic E-state index is 12.2. The number of rotatable bonds is 6. The largest absolute Gasteiger partial charge is 0.493 e. The smallest absolute Gasteiger partial charge is 0.273 e. The summed E-state index contributed by atoms with van der Waals surface area (Å²) in [4.78, 5) is 24.0. The zero-order valence-corrected chi connectivity index (χ0v) is 14.4. The van der Waals surface area contributed by atoms with Crippen molar-refractivity contribution in [3.05, 3.63) is 71.3 Å². The minimum absolute atomic E-state index is 0.374. The first-order chi connectivity index (χ1) is 12.1. The Morgan fingerprint density at radius 2 is 1.76 bits per heavy atom. The Bertz CT molecular complexity index is 752. The van der Waals surface area contributed by atoms with Crippen LogP contribution >= 0.6 is 0 Å². The van der Waals surface area contributed by atoms with E-state index in [2.05, 4.69) is 10.9 Å². The molecule has 2 aromatic rings. The molecule has 0 bridgehead atoms.